The predicted molar refractivity (Wildman–Crippen MR) is 76.1 cm³/mol. The van der Waals surface area contributed by atoms with Crippen LogP contribution in [0, 0.1) is 6.92 Å². The lowest BCUT2D eigenvalue weighted by Crippen LogP contribution is -2.19. The Morgan fingerprint density at radius 3 is 2.90 bits per heavy atom. The molecule has 0 saturated heterocycles. The molecule has 106 valence electrons. The zero-order chi connectivity index (χ0) is 14.5. The van der Waals surface area contributed by atoms with Gasteiger partial charge in [-0.2, -0.15) is 0 Å². The van der Waals surface area contributed by atoms with Gasteiger partial charge >= 0.3 is 0 Å². The number of amides is 1. The molecule has 0 spiro atoms. The smallest absolute Gasteiger partial charge is 0.275 e. The number of fused-ring (bicyclic) bond motifs is 1. The van der Waals surface area contributed by atoms with E-state index in [1.807, 2.05) is 12.1 Å². The van der Waals surface area contributed by atoms with Crippen LogP contribution >= 0.6 is 0 Å². The van der Waals surface area contributed by atoms with Gasteiger partial charge in [0.05, 0.1) is 17.7 Å². The topological polar surface area (TPSA) is 71.5 Å². The van der Waals surface area contributed by atoms with Crippen molar-refractivity contribution < 1.29 is 14.7 Å². The maximum atomic E-state index is 11.7. The molecular weight excluding hydrogens is 256 g/mol. The molecule has 5 heteroatoms. The van der Waals surface area contributed by atoms with Crippen LogP contribution < -0.4 is 10.2 Å². The second-order valence-corrected chi connectivity index (χ2v) is 4.63. The van der Waals surface area contributed by atoms with Crippen LogP contribution in [-0.4, -0.2) is 22.7 Å². The summed E-state index contributed by atoms with van der Waals surface area (Å²) >= 11 is 0. The van der Waals surface area contributed by atoms with Crippen molar-refractivity contribution in [2.45, 2.75) is 26.7 Å². The molecule has 2 aromatic rings. The van der Waals surface area contributed by atoms with E-state index >= 15 is 0 Å². The van der Waals surface area contributed by atoms with Crippen molar-refractivity contribution in [1.82, 2.24) is 10.5 Å². The first kappa shape index (κ1) is 14.3. The Labute approximate surface area is 117 Å². The third kappa shape index (κ3) is 3.05. The molecule has 0 bridgehead atoms. The van der Waals surface area contributed by atoms with Crippen molar-refractivity contribution in [3.63, 3.8) is 0 Å². The summed E-state index contributed by atoms with van der Waals surface area (Å²) in [6.45, 7) is 4.54. The van der Waals surface area contributed by atoms with Gasteiger partial charge in [-0.15, -0.1) is 0 Å². The van der Waals surface area contributed by atoms with E-state index in [9.17, 15) is 4.79 Å². The molecule has 0 aliphatic rings. The first-order valence-electron chi connectivity index (χ1n) is 6.64. The summed E-state index contributed by atoms with van der Waals surface area (Å²) in [6.07, 6.45) is 2.04. The first-order valence-corrected chi connectivity index (χ1v) is 6.64. The van der Waals surface area contributed by atoms with E-state index in [1.54, 1.807) is 24.5 Å². The maximum Gasteiger partial charge on any atom is 0.275 e. The van der Waals surface area contributed by atoms with Crippen molar-refractivity contribution in [3.05, 3.63) is 35.5 Å². The number of carbonyl (C=O) groups excluding carboxylic acids is 1. The van der Waals surface area contributed by atoms with Crippen LogP contribution in [0.15, 0.2) is 24.3 Å². The third-order valence-electron chi connectivity index (χ3n) is 3.02. The Balaban J connectivity index is 2.43. The normalized spacial score (nSPS) is 10.6. The van der Waals surface area contributed by atoms with Crippen LogP contribution in [0.3, 0.4) is 0 Å². The number of hydroxylamine groups is 1. The second-order valence-electron chi connectivity index (χ2n) is 4.63. The van der Waals surface area contributed by atoms with Crippen molar-refractivity contribution in [2.75, 3.05) is 6.61 Å². The molecule has 2 rings (SSSR count). The summed E-state index contributed by atoms with van der Waals surface area (Å²) in [5.41, 5.74) is 3.47. The Bertz CT molecular complexity index is 626. The van der Waals surface area contributed by atoms with E-state index in [2.05, 4.69) is 11.9 Å². The molecule has 0 atom stereocenters. The number of pyridine rings is 1. The van der Waals surface area contributed by atoms with E-state index in [4.69, 9.17) is 9.94 Å². The number of hydrogen-bond acceptors (Lipinski definition) is 4. The molecule has 0 aliphatic carbocycles. The van der Waals surface area contributed by atoms with Crippen LogP contribution in [-0.2, 0) is 0 Å². The average molecular weight is 274 g/mol. The Morgan fingerprint density at radius 1 is 1.40 bits per heavy atom. The van der Waals surface area contributed by atoms with Crippen LogP contribution in [0.25, 0.3) is 10.9 Å². The maximum absolute atomic E-state index is 11.7. The molecule has 0 unspecified atom stereocenters. The summed E-state index contributed by atoms with van der Waals surface area (Å²) < 4.78 is 5.63. The molecule has 5 nitrogen and oxygen atoms in total. The van der Waals surface area contributed by atoms with E-state index in [0.29, 0.717) is 28.8 Å². The monoisotopic (exact) mass is 274 g/mol. The van der Waals surface area contributed by atoms with Crippen LogP contribution in [0.4, 0.5) is 0 Å². The molecule has 1 amide bonds. The van der Waals surface area contributed by atoms with Crippen LogP contribution in [0.1, 0.15) is 35.8 Å². The number of carbonyl (C=O) groups is 1. The van der Waals surface area contributed by atoms with Crippen LogP contribution in [0.2, 0.25) is 0 Å². The highest BCUT2D eigenvalue weighted by molar-refractivity contribution is 6.06. The highest BCUT2D eigenvalue weighted by atomic mass is 16.5. The Hall–Kier alpha value is -2.14. The fourth-order valence-electron chi connectivity index (χ4n) is 2.01. The zero-order valence-corrected chi connectivity index (χ0v) is 11.6. The predicted octanol–water partition coefficient (Wildman–Crippen LogP) is 2.84. The van der Waals surface area contributed by atoms with Gasteiger partial charge in [0.2, 0.25) is 0 Å². The number of unbranched alkanes of at least 4 members (excludes halogenated alkanes) is 1. The highest BCUT2D eigenvalue weighted by Gasteiger charge is 2.12. The summed E-state index contributed by atoms with van der Waals surface area (Å²) in [5, 5.41) is 9.49. The molecule has 0 fully saturated rings. The van der Waals surface area contributed by atoms with Crippen molar-refractivity contribution in [3.8, 4) is 5.75 Å². The zero-order valence-electron chi connectivity index (χ0n) is 11.6. The van der Waals surface area contributed by atoms with E-state index in [1.165, 1.54) is 0 Å². The minimum absolute atomic E-state index is 0.385. The van der Waals surface area contributed by atoms with E-state index in [-0.39, 0.29) is 0 Å². The van der Waals surface area contributed by atoms with Gasteiger partial charge in [0.15, 0.2) is 0 Å². The summed E-state index contributed by atoms with van der Waals surface area (Å²) in [4.78, 5) is 16.1. The lowest BCUT2D eigenvalue weighted by atomic mass is 10.1. The van der Waals surface area contributed by atoms with Crippen molar-refractivity contribution >= 4 is 16.8 Å². The minimum Gasteiger partial charge on any atom is -0.494 e. The summed E-state index contributed by atoms with van der Waals surface area (Å²) in [7, 11) is 0. The summed E-state index contributed by atoms with van der Waals surface area (Å²) in [6, 6.07) is 7.08. The average Bonchev–Trinajstić information content (AvgIpc) is 2.46. The summed E-state index contributed by atoms with van der Waals surface area (Å²) in [5.74, 6) is 0.148. The first-order chi connectivity index (χ1) is 9.65. The lowest BCUT2D eigenvalue weighted by Gasteiger charge is -2.09. The Kier molecular flexibility index (Phi) is 4.53. The van der Waals surface area contributed by atoms with E-state index < -0.39 is 5.91 Å². The second kappa shape index (κ2) is 6.34. The molecule has 1 aromatic heterocycles. The quantitative estimate of drug-likeness (QED) is 0.499. The number of aryl methyl sites for hydroxylation is 1. The molecule has 1 aromatic carbocycles. The SMILES string of the molecule is CCCCOc1ccc2nc(C)cc(C(=O)NO)c2c1. The highest BCUT2D eigenvalue weighted by Crippen LogP contribution is 2.24. The molecule has 1 heterocycles. The Morgan fingerprint density at radius 2 is 2.20 bits per heavy atom. The van der Waals surface area contributed by atoms with Crippen LogP contribution in [0.5, 0.6) is 5.75 Å². The molecule has 0 radical (unpaired) electrons. The number of nitrogens with one attached hydrogen (secondary N) is 1. The van der Waals surface area contributed by atoms with Gasteiger partial charge in [0.1, 0.15) is 5.75 Å². The van der Waals surface area contributed by atoms with Gasteiger partial charge in [0.25, 0.3) is 5.91 Å². The minimum atomic E-state index is -0.550. The standard InChI is InChI=1S/C15H18N2O3/c1-3-4-7-20-11-5-6-14-12(9-11)13(15(18)17-19)8-10(2)16-14/h5-6,8-9,19H,3-4,7H2,1-2H3,(H,17,18). The van der Waals surface area contributed by atoms with Crippen molar-refractivity contribution in [2.24, 2.45) is 0 Å². The molecule has 20 heavy (non-hydrogen) atoms. The molecular formula is C15H18N2O3. The number of rotatable bonds is 5. The van der Waals surface area contributed by atoms with Gasteiger partial charge in [-0.1, -0.05) is 13.3 Å². The largest absolute Gasteiger partial charge is 0.494 e. The van der Waals surface area contributed by atoms with Gasteiger partial charge in [-0.25, -0.2) is 5.48 Å². The van der Waals surface area contributed by atoms with Gasteiger partial charge in [0, 0.05) is 11.1 Å². The van der Waals surface area contributed by atoms with E-state index in [0.717, 1.165) is 18.5 Å². The van der Waals surface area contributed by atoms with Crippen molar-refractivity contribution in [1.29, 1.82) is 0 Å². The lowest BCUT2D eigenvalue weighted by molar-refractivity contribution is 0.0708. The van der Waals surface area contributed by atoms with Gasteiger partial charge < -0.3 is 4.74 Å². The number of aromatic nitrogens is 1. The van der Waals surface area contributed by atoms with Gasteiger partial charge in [-0.05, 0) is 37.6 Å². The number of hydrogen-bond donors (Lipinski definition) is 2. The molecule has 0 saturated carbocycles. The molecule has 2 N–H and O–H groups in total. The number of ether oxygens (including phenoxy) is 1. The molecule has 0 aliphatic heterocycles. The number of benzene rings is 1. The fraction of sp³-hybridized carbons (Fsp3) is 0.333. The van der Waals surface area contributed by atoms with Gasteiger partial charge in [-0.3, -0.25) is 15.0 Å². The third-order valence-corrected chi connectivity index (χ3v) is 3.02. The number of nitrogens with zero attached hydrogens (tertiary/aromatic N) is 1. The fourth-order valence-corrected chi connectivity index (χ4v) is 2.01.